The number of aromatic nitrogens is 1. The molecule has 0 bridgehead atoms. The van der Waals surface area contributed by atoms with Crippen LogP contribution < -0.4 is 10.5 Å². The van der Waals surface area contributed by atoms with Gasteiger partial charge in [-0.15, -0.1) is 0 Å². The van der Waals surface area contributed by atoms with E-state index in [9.17, 15) is 8.42 Å². The Morgan fingerprint density at radius 1 is 1.42 bits per heavy atom. The van der Waals surface area contributed by atoms with Gasteiger partial charge in [0.05, 0.1) is 0 Å². The number of nitrogen functional groups attached to an aromatic ring is 1. The Morgan fingerprint density at radius 2 is 2.16 bits per heavy atom. The van der Waals surface area contributed by atoms with Gasteiger partial charge in [-0.3, -0.25) is 0 Å². The highest BCUT2D eigenvalue weighted by molar-refractivity contribution is 7.89. The second-order valence-corrected chi connectivity index (χ2v) is 6.89. The molecule has 5 nitrogen and oxygen atoms in total. The number of H-pyrrole nitrogens is 1. The first-order chi connectivity index (χ1) is 8.97. The molecular weight excluding hydrogens is 262 g/mol. The van der Waals surface area contributed by atoms with E-state index in [4.69, 9.17) is 5.73 Å². The van der Waals surface area contributed by atoms with E-state index in [-0.39, 0.29) is 10.9 Å². The number of benzene rings is 1. The average Bonchev–Trinajstić information content (AvgIpc) is 3.09. The summed E-state index contributed by atoms with van der Waals surface area (Å²) in [6, 6.07) is 5.17. The Morgan fingerprint density at radius 3 is 2.84 bits per heavy atom. The maximum Gasteiger partial charge on any atom is 0.242 e. The Labute approximate surface area is 112 Å². The predicted molar refractivity (Wildman–Crippen MR) is 75.2 cm³/mol. The minimum atomic E-state index is -3.48. The van der Waals surface area contributed by atoms with E-state index in [2.05, 4.69) is 9.71 Å². The smallest absolute Gasteiger partial charge is 0.242 e. The second kappa shape index (κ2) is 4.25. The summed E-state index contributed by atoms with van der Waals surface area (Å²) >= 11 is 0. The van der Waals surface area contributed by atoms with E-state index >= 15 is 0 Å². The number of hydrogen-bond acceptors (Lipinski definition) is 3. The van der Waals surface area contributed by atoms with E-state index in [1.807, 2.05) is 6.92 Å². The van der Waals surface area contributed by atoms with Crippen molar-refractivity contribution in [2.24, 2.45) is 5.92 Å². The van der Waals surface area contributed by atoms with Gasteiger partial charge >= 0.3 is 0 Å². The zero-order valence-electron chi connectivity index (χ0n) is 10.7. The number of sulfonamides is 1. The minimum absolute atomic E-state index is 0.0104. The third-order valence-corrected chi connectivity index (χ3v) is 5.23. The van der Waals surface area contributed by atoms with Gasteiger partial charge < -0.3 is 10.7 Å². The molecule has 1 aliphatic rings. The van der Waals surface area contributed by atoms with Crippen molar-refractivity contribution in [2.75, 3.05) is 5.73 Å². The summed E-state index contributed by atoms with van der Waals surface area (Å²) in [4.78, 5) is 3.24. The normalized spacial score (nSPS) is 17.7. The molecule has 4 N–H and O–H groups in total. The number of nitrogens with one attached hydrogen (secondary N) is 2. The van der Waals surface area contributed by atoms with Gasteiger partial charge in [0.15, 0.2) is 0 Å². The van der Waals surface area contributed by atoms with Crippen molar-refractivity contribution in [1.82, 2.24) is 9.71 Å². The van der Waals surface area contributed by atoms with Crippen molar-refractivity contribution in [1.29, 1.82) is 0 Å². The van der Waals surface area contributed by atoms with E-state index in [0.717, 1.165) is 18.4 Å². The lowest BCUT2D eigenvalue weighted by atomic mass is 10.2. The van der Waals surface area contributed by atoms with Crippen LogP contribution in [0, 0.1) is 5.92 Å². The molecule has 0 saturated heterocycles. The van der Waals surface area contributed by atoms with Gasteiger partial charge in [-0.1, -0.05) is 0 Å². The maximum absolute atomic E-state index is 12.4. The number of fused-ring (bicyclic) bond motifs is 1. The standard InChI is InChI=1S/C13H17N3O2S/c1-8(9-2-3-9)16-19(17,18)13-7-15-12-6-10(14)4-5-11(12)13/h4-9,15-16H,2-3,14H2,1H3. The first-order valence-corrected chi connectivity index (χ1v) is 7.84. The van der Waals surface area contributed by atoms with Crippen LogP contribution in [0.4, 0.5) is 5.69 Å². The Bertz CT molecular complexity index is 717. The molecular formula is C13H17N3O2S. The summed E-state index contributed by atoms with van der Waals surface area (Å²) in [5.74, 6) is 0.482. The monoisotopic (exact) mass is 279 g/mol. The summed E-state index contributed by atoms with van der Waals surface area (Å²) in [5.41, 5.74) is 7.03. The maximum atomic E-state index is 12.4. The molecule has 3 rings (SSSR count). The fraction of sp³-hybridized carbons (Fsp3) is 0.385. The Kier molecular flexibility index (Phi) is 2.79. The van der Waals surface area contributed by atoms with Gasteiger partial charge in [0.1, 0.15) is 4.90 Å². The number of nitrogens with two attached hydrogens (primary N) is 1. The summed E-state index contributed by atoms with van der Waals surface area (Å²) < 4.78 is 27.5. The van der Waals surface area contributed by atoms with Crippen molar-refractivity contribution >= 4 is 26.6 Å². The number of anilines is 1. The first kappa shape index (κ1) is 12.5. The fourth-order valence-electron chi connectivity index (χ4n) is 2.34. The molecule has 1 atom stereocenters. The molecule has 1 heterocycles. The molecule has 102 valence electrons. The molecule has 1 unspecified atom stereocenters. The average molecular weight is 279 g/mol. The van der Waals surface area contributed by atoms with Crippen molar-refractivity contribution < 1.29 is 8.42 Å². The van der Waals surface area contributed by atoms with Crippen LogP contribution in [0.3, 0.4) is 0 Å². The number of hydrogen-bond donors (Lipinski definition) is 3. The lowest BCUT2D eigenvalue weighted by molar-refractivity contribution is 0.539. The Hall–Kier alpha value is -1.53. The van der Waals surface area contributed by atoms with Crippen LogP contribution in [0.25, 0.3) is 10.9 Å². The van der Waals surface area contributed by atoms with Gasteiger partial charge in [-0.05, 0) is 43.9 Å². The third kappa shape index (κ3) is 2.33. The third-order valence-electron chi connectivity index (χ3n) is 3.63. The van der Waals surface area contributed by atoms with Crippen LogP contribution in [0.5, 0.6) is 0 Å². The second-order valence-electron chi connectivity index (χ2n) is 5.21. The van der Waals surface area contributed by atoms with Gasteiger partial charge in [-0.2, -0.15) is 0 Å². The summed E-state index contributed by atoms with van der Waals surface area (Å²) in [6.07, 6.45) is 3.73. The largest absolute Gasteiger partial charge is 0.399 e. The summed E-state index contributed by atoms with van der Waals surface area (Å²) in [6.45, 7) is 1.92. The highest BCUT2D eigenvalue weighted by Crippen LogP contribution is 2.33. The Balaban J connectivity index is 1.98. The highest BCUT2D eigenvalue weighted by atomic mass is 32.2. The van der Waals surface area contributed by atoms with Crippen LogP contribution in [-0.2, 0) is 10.0 Å². The van der Waals surface area contributed by atoms with Crippen LogP contribution in [0.1, 0.15) is 19.8 Å². The van der Waals surface area contributed by atoms with Crippen molar-refractivity contribution in [3.05, 3.63) is 24.4 Å². The lowest BCUT2D eigenvalue weighted by Gasteiger charge is -2.12. The van der Waals surface area contributed by atoms with E-state index in [1.54, 1.807) is 18.2 Å². The van der Waals surface area contributed by atoms with Crippen molar-refractivity contribution in [2.45, 2.75) is 30.7 Å². The van der Waals surface area contributed by atoms with E-state index in [1.165, 1.54) is 6.20 Å². The molecule has 1 fully saturated rings. The minimum Gasteiger partial charge on any atom is -0.399 e. The predicted octanol–water partition coefficient (Wildman–Crippen LogP) is 1.83. The van der Waals surface area contributed by atoms with Gasteiger partial charge in [0.2, 0.25) is 10.0 Å². The SMILES string of the molecule is CC(NS(=O)(=O)c1c[nH]c2cc(N)ccc12)C1CC1. The number of rotatable bonds is 4. The lowest BCUT2D eigenvalue weighted by Crippen LogP contribution is -2.33. The van der Waals surface area contributed by atoms with Crippen LogP contribution in [0.15, 0.2) is 29.3 Å². The molecule has 0 radical (unpaired) electrons. The van der Waals surface area contributed by atoms with Crippen LogP contribution in [-0.4, -0.2) is 19.4 Å². The molecule has 1 saturated carbocycles. The van der Waals surface area contributed by atoms with Crippen LogP contribution >= 0.6 is 0 Å². The molecule has 19 heavy (non-hydrogen) atoms. The van der Waals surface area contributed by atoms with Crippen LogP contribution in [0.2, 0.25) is 0 Å². The highest BCUT2D eigenvalue weighted by Gasteiger charge is 2.31. The first-order valence-electron chi connectivity index (χ1n) is 6.36. The molecule has 0 aliphatic heterocycles. The van der Waals surface area contributed by atoms with Crippen molar-refractivity contribution in [3.63, 3.8) is 0 Å². The zero-order valence-corrected chi connectivity index (χ0v) is 11.5. The number of aromatic amines is 1. The fourth-order valence-corrected chi connectivity index (χ4v) is 3.83. The van der Waals surface area contributed by atoms with Crippen molar-refractivity contribution in [3.8, 4) is 0 Å². The summed E-state index contributed by atoms with van der Waals surface area (Å²) in [5, 5.41) is 0.671. The topological polar surface area (TPSA) is 88.0 Å². The van der Waals surface area contributed by atoms with Gasteiger partial charge in [0, 0.05) is 28.8 Å². The molecule has 1 aromatic heterocycles. The quantitative estimate of drug-likeness (QED) is 0.746. The molecule has 1 aromatic carbocycles. The van der Waals surface area contributed by atoms with E-state index in [0.29, 0.717) is 17.0 Å². The molecule has 6 heteroatoms. The van der Waals surface area contributed by atoms with Gasteiger partial charge in [0.25, 0.3) is 0 Å². The molecule has 2 aromatic rings. The molecule has 0 spiro atoms. The van der Waals surface area contributed by atoms with E-state index < -0.39 is 10.0 Å². The van der Waals surface area contributed by atoms with Gasteiger partial charge in [-0.25, -0.2) is 13.1 Å². The molecule has 1 aliphatic carbocycles. The summed E-state index contributed by atoms with van der Waals surface area (Å²) in [7, 11) is -3.48. The zero-order chi connectivity index (χ0) is 13.6. The molecule has 0 amide bonds.